The molecule has 2 heterocycles. The third kappa shape index (κ3) is 5.08. The largest absolute Gasteiger partial charge is 0.444 e. The molecule has 26 heavy (non-hydrogen) atoms. The molecule has 3 atom stereocenters. The van der Waals surface area contributed by atoms with E-state index < -0.39 is 40.0 Å². The van der Waals surface area contributed by atoms with Crippen molar-refractivity contribution in [3.8, 4) is 6.07 Å². The summed E-state index contributed by atoms with van der Waals surface area (Å²) in [6, 6.07) is 0.652. The summed E-state index contributed by atoms with van der Waals surface area (Å²) in [7, 11) is -3.73. The van der Waals surface area contributed by atoms with Gasteiger partial charge in [0.25, 0.3) is 10.1 Å². The minimum absolute atomic E-state index is 0.0415. The molecule has 2 saturated heterocycles. The summed E-state index contributed by atoms with van der Waals surface area (Å²) in [6.07, 6.45) is 0.737. The predicted octanol–water partition coefficient (Wildman–Crippen LogP) is 0.855. The van der Waals surface area contributed by atoms with Crippen molar-refractivity contribution in [1.82, 2.24) is 9.80 Å². The first-order valence-electron chi connectivity index (χ1n) is 8.49. The van der Waals surface area contributed by atoms with Crippen LogP contribution in [0.25, 0.3) is 0 Å². The Morgan fingerprint density at radius 3 is 2.42 bits per heavy atom. The Bertz CT molecular complexity index is 708. The van der Waals surface area contributed by atoms with E-state index in [1.807, 2.05) is 0 Å². The fraction of sp³-hybridized carbons (Fsp3) is 0.812. The van der Waals surface area contributed by atoms with E-state index in [2.05, 4.69) is 6.07 Å². The summed E-state index contributed by atoms with van der Waals surface area (Å²) in [4.78, 5) is 28.1. The van der Waals surface area contributed by atoms with Crippen molar-refractivity contribution in [2.24, 2.45) is 0 Å². The number of nitrogens with zero attached hydrogens (tertiary/aromatic N) is 3. The highest BCUT2D eigenvalue weighted by Crippen LogP contribution is 2.28. The van der Waals surface area contributed by atoms with Crippen molar-refractivity contribution in [3.63, 3.8) is 0 Å². The monoisotopic (exact) mass is 387 g/mol. The Morgan fingerprint density at radius 2 is 1.88 bits per heavy atom. The molecule has 0 unspecified atom stereocenters. The van der Waals surface area contributed by atoms with E-state index in [9.17, 15) is 23.3 Å². The first-order chi connectivity index (χ1) is 11.9. The SMILES string of the molecule is CC(C)(C)OC(=O)N1C[C@H](OS(C)(=O)=O)C[C@H]1C(=O)N1CCC[C@H]1C#N. The van der Waals surface area contributed by atoms with Gasteiger partial charge in [0.05, 0.1) is 25.0 Å². The smallest absolute Gasteiger partial charge is 0.411 e. The molecular weight excluding hydrogens is 362 g/mol. The summed E-state index contributed by atoms with van der Waals surface area (Å²) in [6.45, 7) is 5.48. The van der Waals surface area contributed by atoms with E-state index in [0.29, 0.717) is 19.4 Å². The zero-order valence-corrected chi connectivity index (χ0v) is 16.3. The predicted molar refractivity (Wildman–Crippen MR) is 91.4 cm³/mol. The lowest BCUT2D eigenvalue weighted by Crippen LogP contribution is -2.50. The Hall–Kier alpha value is -1.86. The van der Waals surface area contributed by atoms with E-state index in [-0.39, 0.29) is 18.9 Å². The standard InChI is InChI=1S/C16H25N3O6S/c1-16(2,3)24-15(21)19-10-12(25-26(4,22)23)8-13(19)14(20)18-7-5-6-11(18)9-17/h11-13H,5-8,10H2,1-4H3/t11-,12+,13-/m0/s1. The lowest BCUT2D eigenvalue weighted by atomic mass is 10.1. The van der Waals surface area contributed by atoms with Crippen LogP contribution in [0.4, 0.5) is 4.79 Å². The van der Waals surface area contributed by atoms with Gasteiger partial charge in [-0.15, -0.1) is 0 Å². The second kappa shape index (κ2) is 7.40. The van der Waals surface area contributed by atoms with Gasteiger partial charge in [0.2, 0.25) is 5.91 Å². The van der Waals surface area contributed by atoms with Crippen LogP contribution in [0.3, 0.4) is 0 Å². The number of amides is 2. The molecule has 2 rings (SSSR count). The van der Waals surface area contributed by atoms with Gasteiger partial charge in [0.1, 0.15) is 17.7 Å². The fourth-order valence-electron chi connectivity index (χ4n) is 3.23. The second-order valence-electron chi connectivity index (χ2n) is 7.63. The van der Waals surface area contributed by atoms with Gasteiger partial charge in [-0.05, 0) is 33.6 Å². The molecule has 2 aliphatic heterocycles. The first kappa shape index (κ1) is 20.5. The van der Waals surface area contributed by atoms with Crippen LogP contribution in [-0.2, 0) is 23.8 Å². The quantitative estimate of drug-likeness (QED) is 0.659. The zero-order valence-electron chi connectivity index (χ0n) is 15.5. The molecule has 10 heteroatoms. The number of rotatable bonds is 3. The van der Waals surface area contributed by atoms with E-state index in [1.54, 1.807) is 20.8 Å². The minimum Gasteiger partial charge on any atom is -0.444 e. The number of nitriles is 1. The molecule has 0 spiro atoms. The summed E-state index contributed by atoms with van der Waals surface area (Å²) >= 11 is 0. The highest BCUT2D eigenvalue weighted by molar-refractivity contribution is 7.86. The molecule has 0 aromatic carbocycles. The molecule has 2 amide bonds. The number of carbonyl (C=O) groups excluding carboxylic acids is 2. The molecule has 0 aromatic rings. The number of hydrogen-bond donors (Lipinski definition) is 0. The van der Waals surface area contributed by atoms with Crippen molar-refractivity contribution in [2.45, 2.75) is 63.8 Å². The van der Waals surface area contributed by atoms with E-state index in [4.69, 9.17) is 8.92 Å². The number of carbonyl (C=O) groups is 2. The molecule has 2 fully saturated rings. The molecule has 0 N–H and O–H groups in total. The van der Waals surface area contributed by atoms with Crippen molar-refractivity contribution < 1.29 is 26.9 Å². The van der Waals surface area contributed by atoms with Crippen LogP contribution >= 0.6 is 0 Å². The van der Waals surface area contributed by atoms with Crippen LogP contribution in [-0.4, -0.2) is 73.4 Å². The van der Waals surface area contributed by atoms with E-state index >= 15 is 0 Å². The lowest BCUT2D eigenvalue weighted by molar-refractivity contribution is -0.135. The van der Waals surface area contributed by atoms with Crippen LogP contribution in [0.15, 0.2) is 0 Å². The van der Waals surface area contributed by atoms with E-state index in [1.165, 1.54) is 9.80 Å². The fourth-order valence-corrected chi connectivity index (χ4v) is 3.86. The average Bonchev–Trinajstić information content (AvgIpc) is 3.09. The number of likely N-dealkylation sites (tertiary alicyclic amines) is 2. The Labute approximate surface area is 153 Å². The molecule has 0 aromatic heterocycles. The van der Waals surface area contributed by atoms with Gasteiger partial charge < -0.3 is 9.64 Å². The second-order valence-corrected chi connectivity index (χ2v) is 9.23. The third-order valence-corrected chi connectivity index (χ3v) is 4.79. The van der Waals surface area contributed by atoms with Crippen LogP contribution in [0.5, 0.6) is 0 Å². The maximum absolute atomic E-state index is 12.9. The molecule has 9 nitrogen and oxygen atoms in total. The lowest BCUT2D eigenvalue weighted by Gasteiger charge is -2.30. The summed E-state index contributed by atoms with van der Waals surface area (Å²) < 4.78 is 33.2. The summed E-state index contributed by atoms with van der Waals surface area (Å²) in [5.41, 5.74) is -0.761. The molecule has 2 aliphatic rings. The highest BCUT2D eigenvalue weighted by Gasteiger charge is 2.46. The molecule has 0 bridgehead atoms. The average molecular weight is 387 g/mol. The zero-order chi connectivity index (χ0) is 19.7. The van der Waals surface area contributed by atoms with Gasteiger partial charge in [-0.3, -0.25) is 13.9 Å². The van der Waals surface area contributed by atoms with Gasteiger partial charge in [-0.2, -0.15) is 13.7 Å². The Morgan fingerprint density at radius 1 is 1.23 bits per heavy atom. The van der Waals surface area contributed by atoms with Crippen LogP contribution in [0.2, 0.25) is 0 Å². The Kier molecular flexibility index (Phi) is 5.82. The maximum atomic E-state index is 12.9. The third-order valence-electron chi connectivity index (χ3n) is 4.17. The van der Waals surface area contributed by atoms with Gasteiger partial charge in [0, 0.05) is 13.0 Å². The molecule has 0 saturated carbocycles. The summed E-state index contributed by atoms with van der Waals surface area (Å²) in [5.74, 6) is -0.375. The number of hydrogen-bond acceptors (Lipinski definition) is 7. The van der Waals surface area contributed by atoms with Crippen molar-refractivity contribution >= 4 is 22.1 Å². The topological polar surface area (TPSA) is 117 Å². The van der Waals surface area contributed by atoms with Crippen LogP contribution in [0, 0.1) is 11.3 Å². The first-order valence-corrected chi connectivity index (χ1v) is 10.3. The highest BCUT2D eigenvalue weighted by atomic mass is 32.2. The maximum Gasteiger partial charge on any atom is 0.411 e. The summed E-state index contributed by atoms with van der Waals surface area (Å²) in [5, 5.41) is 9.21. The van der Waals surface area contributed by atoms with Crippen molar-refractivity contribution in [3.05, 3.63) is 0 Å². The van der Waals surface area contributed by atoms with E-state index in [0.717, 1.165) is 6.26 Å². The molecule has 0 radical (unpaired) electrons. The van der Waals surface area contributed by atoms with Crippen LogP contribution in [0.1, 0.15) is 40.0 Å². The molecular formula is C16H25N3O6S. The molecule has 0 aliphatic carbocycles. The Balaban J connectivity index is 2.22. The minimum atomic E-state index is -3.73. The van der Waals surface area contributed by atoms with Gasteiger partial charge in [-0.25, -0.2) is 4.79 Å². The van der Waals surface area contributed by atoms with Crippen LogP contribution < -0.4 is 0 Å². The van der Waals surface area contributed by atoms with Crippen molar-refractivity contribution in [1.29, 1.82) is 5.26 Å². The number of ether oxygens (including phenoxy) is 1. The van der Waals surface area contributed by atoms with Gasteiger partial charge >= 0.3 is 6.09 Å². The normalized spacial score (nSPS) is 26.7. The van der Waals surface area contributed by atoms with Crippen molar-refractivity contribution in [2.75, 3.05) is 19.3 Å². The molecule has 146 valence electrons. The van der Waals surface area contributed by atoms with Gasteiger partial charge in [-0.1, -0.05) is 0 Å². The van der Waals surface area contributed by atoms with Gasteiger partial charge in [0.15, 0.2) is 0 Å².